The molecule has 1 aromatic rings. The molecule has 3 nitrogen and oxygen atoms in total. The Balaban J connectivity index is 1.27. The first-order chi connectivity index (χ1) is 10.7. The molecule has 0 heterocycles. The van der Waals surface area contributed by atoms with Gasteiger partial charge < -0.3 is 15.2 Å². The molecule has 5 rings (SSSR count). The fourth-order valence-corrected chi connectivity index (χ4v) is 5.43. The Morgan fingerprint density at radius 3 is 2.23 bits per heavy atom. The number of benzene rings is 1. The number of aliphatic hydroxyl groups excluding tert-OH is 1. The van der Waals surface area contributed by atoms with Crippen LogP contribution in [0.4, 0.5) is 0 Å². The molecule has 4 saturated carbocycles. The van der Waals surface area contributed by atoms with E-state index < -0.39 is 6.10 Å². The molecule has 3 heteroatoms. The topological polar surface area (TPSA) is 41.5 Å². The Kier molecular flexibility index (Phi) is 3.87. The predicted octanol–water partition coefficient (Wildman–Crippen LogP) is 2.98. The maximum absolute atomic E-state index is 10.2. The highest BCUT2D eigenvalue weighted by Crippen LogP contribution is 2.55. The largest absolute Gasteiger partial charge is 0.491 e. The highest BCUT2D eigenvalue weighted by Gasteiger charge is 2.50. The third kappa shape index (κ3) is 3.02. The van der Waals surface area contributed by atoms with E-state index in [1.54, 1.807) is 0 Å². The quantitative estimate of drug-likeness (QED) is 0.849. The second-order valence-corrected chi connectivity index (χ2v) is 7.86. The highest BCUT2D eigenvalue weighted by atomic mass is 16.5. The van der Waals surface area contributed by atoms with Gasteiger partial charge in [-0.2, -0.15) is 0 Å². The van der Waals surface area contributed by atoms with Crippen LogP contribution in [0.15, 0.2) is 30.3 Å². The van der Waals surface area contributed by atoms with Crippen LogP contribution in [0.1, 0.15) is 38.5 Å². The van der Waals surface area contributed by atoms with Crippen molar-refractivity contribution in [3.63, 3.8) is 0 Å². The monoisotopic (exact) mass is 301 g/mol. The maximum atomic E-state index is 10.2. The van der Waals surface area contributed by atoms with E-state index in [-0.39, 0.29) is 0 Å². The fourth-order valence-electron chi connectivity index (χ4n) is 5.43. The first-order valence-electron chi connectivity index (χ1n) is 8.82. The molecule has 4 bridgehead atoms. The van der Waals surface area contributed by atoms with Gasteiger partial charge >= 0.3 is 0 Å². The average Bonchev–Trinajstić information content (AvgIpc) is 2.51. The van der Waals surface area contributed by atoms with E-state index in [1.807, 2.05) is 30.3 Å². The molecule has 0 spiro atoms. The van der Waals surface area contributed by atoms with Crippen LogP contribution in [0.2, 0.25) is 0 Å². The van der Waals surface area contributed by atoms with Gasteiger partial charge in [-0.05, 0) is 68.4 Å². The van der Waals surface area contributed by atoms with Gasteiger partial charge in [0.25, 0.3) is 0 Å². The number of aliphatic hydroxyl groups is 1. The van der Waals surface area contributed by atoms with Crippen LogP contribution in [0.25, 0.3) is 0 Å². The van der Waals surface area contributed by atoms with Crippen molar-refractivity contribution in [3.8, 4) is 5.75 Å². The van der Waals surface area contributed by atoms with Gasteiger partial charge in [-0.15, -0.1) is 0 Å². The van der Waals surface area contributed by atoms with Gasteiger partial charge in [0.05, 0.1) is 0 Å². The van der Waals surface area contributed by atoms with Crippen molar-refractivity contribution in [2.24, 2.45) is 17.8 Å². The van der Waals surface area contributed by atoms with Gasteiger partial charge in [-0.3, -0.25) is 0 Å². The van der Waals surface area contributed by atoms with Crippen LogP contribution in [-0.2, 0) is 0 Å². The fraction of sp³-hybridized carbons (Fsp3) is 0.684. The smallest absolute Gasteiger partial charge is 0.119 e. The summed E-state index contributed by atoms with van der Waals surface area (Å²) >= 11 is 0. The standard InChI is InChI=1S/C19H27NO2/c21-17(13-22-18-4-2-1-3-5-18)12-20-19-9-14-6-15(10-19)8-16(7-14)11-19/h1-5,14-17,20-21H,6-13H2/t14?,15?,16?,17-,19?/m0/s1. The molecule has 4 aliphatic carbocycles. The lowest BCUT2D eigenvalue weighted by Gasteiger charge is -2.57. The molecule has 1 aromatic carbocycles. The zero-order chi connectivity index (χ0) is 15.0. The zero-order valence-corrected chi connectivity index (χ0v) is 13.2. The summed E-state index contributed by atoms with van der Waals surface area (Å²) in [6.07, 6.45) is 7.91. The summed E-state index contributed by atoms with van der Waals surface area (Å²) in [6, 6.07) is 9.74. The lowest BCUT2D eigenvalue weighted by molar-refractivity contribution is -0.0266. The molecule has 0 unspecified atom stereocenters. The number of hydrogen-bond donors (Lipinski definition) is 2. The number of hydrogen-bond acceptors (Lipinski definition) is 3. The number of β-amino-alcohol motifs (C(OH)–C–C–N with tert-alkyl or cyclic N) is 1. The predicted molar refractivity (Wildman–Crippen MR) is 86.8 cm³/mol. The third-order valence-electron chi connectivity index (χ3n) is 5.94. The summed E-state index contributed by atoms with van der Waals surface area (Å²) in [5.74, 6) is 3.65. The molecule has 120 valence electrons. The van der Waals surface area contributed by atoms with Crippen molar-refractivity contribution in [1.29, 1.82) is 0 Å². The van der Waals surface area contributed by atoms with Crippen molar-refractivity contribution >= 4 is 0 Å². The second-order valence-electron chi connectivity index (χ2n) is 7.86. The van der Waals surface area contributed by atoms with E-state index in [9.17, 15) is 5.11 Å². The molecule has 2 N–H and O–H groups in total. The van der Waals surface area contributed by atoms with Gasteiger partial charge in [0, 0.05) is 12.1 Å². The van der Waals surface area contributed by atoms with E-state index in [0.717, 1.165) is 23.5 Å². The number of nitrogens with one attached hydrogen (secondary N) is 1. The van der Waals surface area contributed by atoms with Crippen molar-refractivity contribution in [2.75, 3.05) is 13.2 Å². The van der Waals surface area contributed by atoms with E-state index in [2.05, 4.69) is 5.32 Å². The summed E-state index contributed by atoms with van der Waals surface area (Å²) in [7, 11) is 0. The van der Waals surface area contributed by atoms with Gasteiger partial charge in [-0.1, -0.05) is 18.2 Å². The Morgan fingerprint density at radius 2 is 1.64 bits per heavy atom. The molecule has 1 atom stereocenters. The minimum Gasteiger partial charge on any atom is -0.491 e. The van der Waals surface area contributed by atoms with Crippen molar-refractivity contribution in [1.82, 2.24) is 5.32 Å². The van der Waals surface area contributed by atoms with Gasteiger partial charge in [0.15, 0.2) is 0 Å². The molecule has 0 radical (unpaired) electrons. The van der Waals surface area contributed by atoms with E-state index in [0.29, 0.717) is 18.7 Å². The zero-order valence-electron chi connectivity index (χ0n) is 13.2. The average molecular weight is 301 g/mol. The third-order valence-corrected chi connectivity index (χ3v) is 5.94. The minimum atomic E-state index is -0.437. The molecule has 0 saturated heterocycles. The lowest BCUT2D eigenvalue weighted by Crippen LogP contribution is -2.59. The van der Waals surface area contributed by atoms with Crippen LogP contribution in [-0.4, -0.2) is 29.9 Å². The maximum Gasteiger partial charge on any atom is 0.119 e. The first kappa shape index (κ1) is 14.5. The lowest BCUT2D eigenvalue weighted by atomic mass is 9.53. The molecular formula is C19H27NO2. The SMILES string of the molecule is O[C@@H](CNC12CC3CC(CC(C3)C1)C2)COc1ccccc1. The second kappa shape index (κ2) is 5.86. The Hall–Kier alpha value is -1.06. The Morgan fingerprint density at radius 1 is 1.05 bits per heavy atom. The van der Waals surface area contributed by atoms with Crippen molar-refractivity contribution in [3.05, 3.63) is 30.3 Å². The van der Waals surface area contributed by atoms with E-state index in [4.69, 9.17) is 4.74 Å². The molecule has 22 heavy (non-hydrogen) atoms. The number of para-hydroxylation sites is 1. The van der Waals surface area contributed by atoms with E-state index >= 15 is 0 Å². The minimum absolute atomic E-state index is 0.322. The van der Waals surface area contributed by atoms with Crippen LogP contribution in [0.3, 0.4) is 0 Å². The molecule has 4 aliphatic rings. The molecule has 0 aromatic heterocycles. The summed E-state index contributed by atoms with van der Waals surface area (Å²) in [4.78, 5) is 0. The van der Waals surface area contributed by atoms with Crippen molar-refractivity contribution < 1.29 is 9.84 Å². The molecule has 0 amide bonds. The Labute approximate surface area is 133 Å². The molecule has 4 fully saturated rings. The summed E-state index contributed by atoms with van der Waals surface area (Å²) in [5.41, 5.74) is 0.322. The number of ether oxygens (including phenoxy) is 1. The summed E-state index contributed by atoms with van der Waals surface area (Å²) < 4.78 is 5.65. The summed E-state index contributed by atoms with van der Waals surface area (Å²) in [6.45, 7) is 1.02. The normalized spacial score (nSPS) is 37.2. The van der Waals surface area contributed by atoms with Gasteiger partial charge in [0.2, 0.25) is 0 Å². The number of rotatable bonds is 6. The molecular weight excluding hydrogens is 274 g/mol. The highest BCUT2D eigenvalue weighted by molar-refractivity contribution is 5.20. The Bertz CT molecular complexity index is 466. The van der Waals surface area contributed by atoms with Crippen molar-refractivity contribution in [2.45, 2.75) is 50.2 Å². The van der Waals surface area contributed by atoms with Crippen LogP contribution < -0.4 is 10.1 Å². The van der Waals surface area contributed by atoms with Crippen LogP contribution >= 0.6 is 0 Å². The summed E-state index contributed by atoms with van der Waals surface area (Å²) in [5, 5.41) is 14.0. The van der Waals surface area contributed by atoms with Crippen LogP contribution in [0, 0.1) is 17.8 Å². The van der Waals surface area contributed by atoms with E-state index in [1.165, 1.54) is 38.5 Å². The van der Waals surface area contributed by atoms with Crippen LogP contribution in [0.5, 0.6) is 5.75 Å². The molecule has 0 aliphatic heterocycles. The van der Waals surface area contributed by atoms with Gasteiger partial charge in [-0.25, -0.2) is 0 Å². The first-order valence-corrected chi connectivity index (χ1v) is 8.82. The van der Waals surface area contributed by atoms with Gasteiger partial charge in [0.1, 0.15) is 18.5 Å².